The fraction of sp³-hybridized carbons (Fsp3) is 0.200. The van der Waals surface area contributed by atoms with Crippen molar-refractivity contribution in [3.05, 3.63) is 94.8 Å². The van der Waals surface area contributed by atoms with Crippen molar-refractivity contribution in [3.63, 3.8) is 0 Å². The van der Waals surface area contributed by atoms with Gasteiger partial charge in [-0.05, 0) is 54.9 Å². The number of aromatic nitrogens is 2. The minimum absolute atomic E-state index is 0.603. The van der Waals surface area contributed by atoms with E-state index in [1.807, 2.05) is 11.6 Å². The average Bonchev–Trinajstić information content (AvgIpc) is 3.01. The number of hydrogen-bond donors (Lipinski definition) is 2. The molecule has 0 spiro atoms. The summed E-state index contributed by atoms with van der Waals surface area (Å²) in [6, 6.07) is 23.3. The quantitative estimate of drug-likeness (QED) is 0.423. The highest BCUT2D eigenvalue weighted by Gasteiger charge is 2.14. The van der Waals surface area contributed by atoms with Gasteiger partial charge in [0.2, 0.25) is 0 Å². The van der Waals surface area contributed by atoms with E-state index in [0.717, 1.165) is 23.6 Å². The van der Waals surface area contributed by atoms with E-state index in [4.69, 9.17) is 17.3 Å². The van der Waals surface area contributed by atoms with Gasteiger partial charge in [-0.15, -0.1) is 0 Å². The van der Waals surface area contributed by atoms with Gasteiger partial charge in [-0.1, -0.05) is 72.3 Å². The van der Waals surface area contributed by atoms with Crippen LogP contribution in [0.4, 0.5) is 5.69 Å². The molecule has 0 unspecified atom stereocenters. The number of hydrogen-bond acceptors (Lipinski definition) is 2. The normalized spacial score (nSPS) is 10.9. The lowest BCUT2D eigenvalue weighted by atomic mass is 10.0. The number of thiocarbonyl (C=S) groups is 1. The van der Waals surface area contributed by atoms with E-state index in [2.05, 4.69) is 91.2 Å². The Morgan fingerprint density at radius 2 is 1.67 bits per heavy atom. The Bertz CT molecular complexity index is 1190. The molecule has 0 aliphatic rings. The molecular formula is C25H26N4S. The van der Waals surface area contributed by atoms with Gasteiger partial charge < -0.3 is 10.6 Å². The van der Waals surface area contributed by atoms with Crippen molar-refractivity contribution < 1.29 is 0 Å². The molecule has 152 valence electrons. The van der Waals surface area contributed by atoms with E-state index in [0.29, 0.717) is 11.7 Å². The number of nitrogens with one attached hydrogen (secondary N) is 2. The number of anilines is 1. The molecule has 0 saturated heterocycles. The maximum absolute atomic E-state index is 5.52. The van der Waals surface area contributed by atoms with Crippen molar-refractivity contribution in [3.8, 4) is 0 Å². The predicted octanol–water partition coefficient (Wildman–Crippen LogP) is 5.50. The van der Waals surface area contributed by atoms with Crippen LogP contribution >= 0.6 is 12.2 Å². The van der Waals surface area contributed by atoms with E-state index in [1.54, 1.807) is 0 Å². The summed E-state index contributed by atoms with van der Waals surface area (Å²) in [5.74, 6) is 0. The topological polar surface area (TPSA) is 41.9 Å². The van der Waals surface area contributed by atoms with Crippen LogP contribution in [0.2, 0.25) is 0 Å². The van der Waals surface area contributed by atoms with Crippen molar-refractivity contribution in [1.82, 2.24) is 15.1 Å². The SMILES string of the molecule is Cc1ccc(CNC(=S)Nc2c(C)nn(Cc3cccc4ccccc34)c2C)cc1. The Balaban J connectivity index is 1.47. The van der Waals surface area contributed by atoms with Gasteiger partial charge in [-0.2, -0.15) is 5.10 Å². The molecule has 0 aliphatic heterocycles. The zero-order valence-electron chi connectivity index (χ0n) is 17.6. The number of rotatable bonds is 5. The second-order valence-electron chi connectivity index (χ2n) is 7.64. The van der Waals surface area contributed by atoms with Crippen LogP contribution in [-0.4, -0.2) is 14.9 Å². The van der Waals surface area contributed by atoms with Crippen LogP contribution in [0, 0.1) is 20.8 Å². The van der Waals surface area contributed by atoms with E-state index < -0.39 is 0 Å². The van der Waals surface area contributed by atoms with Crippen molar-refractivity contribution in [1.29, 1.82) is 0 Å². The molecule has 4 aromatic rings. The summed E-state index contributed by atoms with van der Waals surface area (Å²) >= 11 is 5.52. The lowest BCUT2D eigenvalue weighted by Gasteiger charge is -2.12. The van der Waals surface area contributed by atoms with Crippen molar-refractivity contribution in [2.45, 2.75) is 33.9 Å². The van der Waals surface area contributed by atoms with Crippen molar-refractivity contribution in [2.24, 2.45) is 0 Å². The van der Waals surface area contributed by atoms with Gasteiger partial charge in [0, 0.05) is 6.54 Å². The highest BCUT2D eigenvalue weighted by molar-refractivity contribution is 7.80. The number of nitrogens with zero attached hydrogens (tertiary/aromatic N) is 2. The third-order valence-electron chi connectivity index (χ3n) is 5.39. The molecule has 1 aromatic heterocycles. The molecule has 5 heteroatoms. The van der Waals surface area contributed by atoms with Gasteiger partial charge in [-0.25, -0.2) is 0 Å². The molecule has 0 bridgehead atoms. The molecular weight excluding hydrogens is 388 g/mol. The van der Waals surface area contributed by atoms with Crippen LogP contribution in [0.5, 0.6) is 0 Å². The summed E-state index contributed by atoms with van der Waals surface area (Å²) in [5.41, 5.74) is 6.68. The maximum Gasteiger partial charge on any atom is 0.171 e. The molecule has 3 aromatic carbocycles. The largest absolute Gasteiger partial charge is 0.358 e. The highest BCUT2D eigenvalue weighted by Crippen LogP contribution is 2.23. The molecule has 4 nitrogen and oxygen atoms in total. The molecule has 1 heterocycles. The Morgan fingerprint density at radius 3 is 2.47 bits per heavy atom. The molecule has 30 heavy (non-hydrogen) atoms. The minimum Gasteiger partial charge on any atom is -0.358 e. The maximum atomic E-state index is 5.52. The monoisotopic (exact) mass is 414 g/mol. The summed E-state index contributed by atoms with van der Waals surface area (Å²) in [5, 5.41) is 14.5. The van der Waals surface area contributed by atoms with Crippen LogP contribution in [0.25, 0.3) is 10.8 Å². The second-order valence-corrected chi connectivity index (χ2v) is 8.04. The van der Waals surface area contributed by atoms with Gasteiger partial charge in [0.1, 0.15) is 0 Å². The van der Waals surface area contributed by atoms with Crippen LogP contribution in [0.3, 0.4) is 0 Å². The lowest BCUT2D eigenvalue weighted by molar-refractivity contribution is 0.662. The first-order valence-corrected chi connectivity index (χ1v) is 10.5. The molecule has 0 atom stereocenters. The zero-order chi connectivity index (χ0) is 21.1. The van der Waals surface area contributed by atoms with E-state index >= 15 is 0 Å². The molecule has 0 radical (unpaired) electrons. The minimum atomic E-state index is 0.603. The van der Waals surface area contributed by atoms with Gasteiger partial charge in [-0.3, -0.25) is 4.68 Å². The van der Waals surface area contributed by atoms with Crippen molar-refractivity contribution >= 4 is 33.8 Å². The summed E-state index contributed by atoms with van der Waals surface area (Å²) in [6.07, 6.45) is 0. The lowest BCUT2D eigenvalue weighted by Crippen LogP contribution is -2.28. The number of benzene rings is 3. The molecule has 0 aliphatic carbocycles. The Labute approximate surface area is 182 Å². The van der Waals surface area contributed by atoms with E-state index in [9.17, 15) is 0 Å². The van der Waals surface area contributed by atoms with Gasteiger partial charge in [0.15, 0.2) is 5.11 Å². The summed E-state index contributed by atoms with van der Waals surface area (Å²) in [7, 11) is 0. The van der Waals surface area contributed by atoms with E-state index in [1.165, 1.54) is 27.5 Å². The zero-order valence-corrected chi connectivity index (χ0v) is 18.4. The highest BCUT2D eigenvalue weighted by atomic mass is 32.1. The van der Waals surface area contributed by atoms with Crippen LogP contribution in [0.1, 0.15) is 28.1 Å². The number of fused-ring (bicyclic) bond motifs is 1. The third-order valence-corrected chi connectivity index (χ3v) is 5.64. The predicted molar refractivity (Wildman–Crippen MR) is 129 cm³/mol. The van der Waals surface area contributed by atoms with Crippen molar-refractivity contribution in [2.75, 3.05) is 5.32 Å². The van der Waals surface area contributed by atoms with Gasteiger partial charge in [0.05, 0.1) is 23.6 Å². The Morgan fingerprint density at radius 1 is 0.933 bits per heavy atom. The second kappa shape index (κ2) is 8.67. The molecule has 4 rings (SSSR count). The van der Waals surface area contributed by atoms with Crippen LogP contribution in [-0.2, 0) is 13.1 Å². The smallest absolute Gasteiger partial charge is 0.171 e. The van der Waals surface area contributed by atoms with Gasteiger partial charge in [0.25, 0.3) is 0 Å². The van der Waals surface area contributed by atoms with Gasteiger partial charge >= 0.3 is 0 Å². The summed E-state index contributed by atoms with van der Waals surface area (Å²) in [6.45, 7) is 7.59. The first-order valence-electron chi connectivity index (χ1n) is 10.1. The van der Waals surface area contributed by atoms with Crippen LogP contribution in [0.15, 0.2) is 66.7 Å². The summed E-state index contributed by atoms with van der Waals surface area (Å²) < 4.78 is 2.04. The number of aryl methyl sites for hydroxylation is 2. The fourth-order valence-electron chi connectivity index (χ4n) is 3.67. The molecule has 0 amide bonds. The average molecular weight is 415 g/mol. The fourth-order valence-corrected chi connectivity index (χ4v) is 3.84. The first kappa shape index (κ1) is 20.1. The first-order chi connectivity index (χ1) is 14.5. The Hall–Kier alpha value is -3.18. The van der Waals surface area contributed by atoms with Crippen LogP contribution < -0.4 is 10.6 Å². The molecule has 0 fully saturated rings. The summed E-state index contributed by atoms with van der Waals surface area (Å²) in [4.78, 5) is 0. The standard InChI is InChI=1S/C25H26N4S/c1-17-11-13-20(14-12-17)15-26-25(30)27-24-18(2)28-29(19(24)3)16-22-9-6-8-21-7-4-5-10-23(21)22/h4-14H,15-16H2,1-3H3,(H2,26,27,30). The molecule has 2 N–H and O–H groups in total. The molecule has 0 saturated carbocycles. The third kappa shape index (κ3) is 4.36. The Kier molecular flexibility index (Phi) is 5.81. The van der Waals surface area contributed by atoms with E-state index in [-0.39, 0.29) is 0 Å².